The maximum Gasteiger partial charge on any atom is 0.300 e. The van der Waals surface area contributed by atoms with Crippen molar-refractivity contribution < 1.29 is 15.0 Å². The SMILES string of the molecule is CC(=O)O.Oc1cccc(Cl)c1Cl. The molecule has 0 aliphatic heterocycles. The highest BCUT2D eigenvalue weighted by Crippen LogP contribution is 2.29. The van der Waals surface area contributed by atoms with Gasteiger partial charge in [0, 0.05) is 6.92 Å². The Balaban J connectivity index is 0.000000310. The Hall–Kier alpha value is -0.930. The van der Waals surface area contributed by atoms with Crippen LogP contribution in [0.3, 0.4) is 0 Å². The Bertz CT molecular complexity index is 275. The molecule has 0 fully saturated rings. The van der Waals surface area contributed by atoms with E-state index in [1.807, 2.05) is 0 Å². The molecule has 0 amide bonds. The third-order valence-electron chi connectivity index (χ3n) is 0.931. The van der Waals surface area contributed by atoms with Crippen LogP contribution < -0.4 is 0 Å². The minimum absolute atomic E-state index is 0.0177. The van der Waals surface area contributed by atoms with Crippen LogP contribution >= 0.6 is 23.2 Å². The molecule has 0 radical (unpaired) electrons. The Morgan fingerprint density at radius 1 is 1.38 bits per heavy atom. The summed E-state index contributed by atoms with van der Waals surface area (Å²) >= 11 is 11.0. The highest BCUT2D eigenvalue weighted by molar-refractivity contribution is 6.42. The molecule has 0 saturated carbocycles. The highest BCUT2D eigenvalue weighted by Gasteiger charge is 1.99. The van der Waals surface area contributed by atoms with Gasteiger partial charge in [-0.1, -0.05) is 29.3 Å². The van der Waals surface area contributed by atoms with Crippen molar-refractivity contribution in [2.75, 3.05) is 0 Å². The molecule has 13 heavy (non-hydrogen) atoms. The third-order valence-corrected chi connectivity index (χ3v) is 1.74. The quantitative estimate of drug-likeness (QED) is 0.710. The van der Waals surface area contributed by atoms with E-state index in [4.69, 9.17) is 38.2 Å². The van der Waals surface area contributed by atoms with E-state index >= 15 is 0 Å². The Morgan fingerprint density at radius 2 is 1.85 bits per heavy atom. The smallest absolute Gasteiger partial charge is 0.300 e. The zero-order valence-corrected chi connectivity index (χ0v) is 8.30. The first-order valence-electron chi connectivity index (χ1n) is 3.27. The van der Waals surface area contributed by atoms with Gasteiger partial charge in [0.25, 0.3) is 5.97 Å². The Labute approximate surface area is 85.5 Å². The van der Waals surface area contributed by atoms with Gasteiger partial charge in [-0.2, -0.15) is 0 Å². The zero-order valence-electron chi connectivity index (χ0n) is 6.79. The summed E-state index contributed by atoms with van der Waals surface area (Å²) in [5, 5.41) is 16.9. The lowest BCUT2D eigenvalue weighted by atomic mass is 10.3. The summed E-state index contributed by atoms with van der Waals surface area (Å²) < 4.78 is 0. The van der Waals surface area contributed by atoms with Gasteiger partial charge in [0.1, 0.15) is 10.8 Å². The monoisotopic (exact) mass is 222 g/mol. The van der Waals surface area contributed by atoms with Crippen molar-refractivity contribution in [3.8, 4) is 5.75 Å². The average molecular weight is 223 g/mol. The minimum atomic E-state index is -0.833. The van der Waals surface area contributed by atoms with Gasteiger partial charge in [-0.15, -0.1) is 0 Å². The molecule has 72 valence electrons. The van der Waals surface area contributed by atoms with Gasteiger partial charge in [0.05, 0.1) is 5.02 Å². The summed E-state index contributed by atoms with van der Waals surface area (Å²) in [6.07, 6.45) is 0. The van der Waals surface area contributed by atoms with E-state index in [1.165, 1.54) is 6.07 Å². The first-order chi connectivity index (χ1) is 5.95. The van der Waals surface area contributed by atoms with Crippen LogP contribution in [-0.4, -0.2) is 16.2 Å². The average Bonchev–Trinajstić information content (AvgIpc) is 1.99. The standard InChI is InChI=1S/C6H4Cl2O.C2H4O2/c7-4-2-1-3-5(9)6(4)8;1-2(3)4/h1-3,9H;1H3,(H,3,4). The van der Waals surface area contributed by atoms with Crippen LogP contribution in [0, 0.1) is 0 Å². The normalized spacial score (nSPS) is 8.54. The molecule has 0 aliphatic carbocycles. The predicted octanol–water partition coefficient (Wildman–Crippen LogP) is 2.79. The molecular formula is C8H8Cl2O3. The highest BCUT2D eigenvalue weighted by atomic mass is 35.5. The van der Waals surface area contributed by atoms with Crippen LogP contribution in [0.5, 0.6) is 5.75 Å². The number of carboxylic acids is 1. The molecule has 2 N–H and O–H groups in total. The molecule has 5 heteroatoms. The molecule has 1 aromatic rings. The van der Waals surface area contributed by atoms with Crippen molar-refractivity contribution in [3.63, 3.8) is 0 Å². The number of benzene rings is 1. The second-order valence-electron chi connectivity index (χ2n) is 2.09. The van der Waals surface area contributed by atoms with Gasteiger partial charge in [-0.05, 0) is 12.1 Å². The number of aromatic hydroxyl groups is 1. The summed E-state index contributed by atoms with van der Waals surface area (Å²) in [6.45, 7) is 1.08. The fourth-order valence-electron chi connectivity index (χ4n) is 0.492. The number of rotatable bonds is 0. The number of carbonyl (C=O) groups is 1. The maximum atomic E-state index is 9.00. The van der Waals surface area contributed by atoms with E-state index in [1.54, 1.807) is 12.1 Å². The van der Waals surface area contributed by atoms with E-state index in [9.17, 15) is 0 Å². The molecule has 0 atom stereocenters. The lowest BCUT2D eigenvalue weighted by Crippen LogP contribution is -1.78. The fraction of sp³-hybridized carbons (Fsp3) is 0.125. The van der Waals surface area contributed by atoms with Gasteiger partial charge in [0.2, 0.25) is 0 Å². The van der Waals surface area contributed by atoms with E-state index in [-0.39, 0.29) is 10.8 Å². The largest absolute Gasteiger partial charge is 0.506 e. The van der Waals surface area contributed by atoms with Gasteiger partial charge < -0.3 is 10.2 Å². The predicted molar refractivity (Wildman–Crippen MR) is 51.4 cm³/mol. The number of aliphatic carboxylic acids is 1. The third kappa shape index (κ3) is 5.33. The number of hydrogen-bond acceptors (Lipinski definition) is 2. The molecule has 0 saturated heterocycles. The second kappa shape index (κ2) is 5.67. The number of phenols is 1. The topological polar surface area (TPSA) is 57.5 Å². The molecule has 1 rings (SSSR count). The van der Waals surface area contributed by atoms with Gasteiger partial charge in [-0.25, -0.2) is 0 Å². The summed E-state index contributed by atoms with van der Waals surface area (Å²) in [6, 6.07) is 4.72. The van der Waals surface area contributed by atoms with E-state index in [0.717, 1.165) is 6.92 Å². The molecule has 0 heterocycles. The lowest BCUT2D eigenvalue weighted by Gasteiger charge is -1.95. The second-order valence-corrected chi connectivity index (χ2v) is 2.88. The number of halogens is 2. The van der Waals surface area contributed by atoms with Crippen molar-refractivity contribution >= 4 is 29.2 Å². The molecular weight excluding hydrogens is 215 g/mol. The van der Waals surface area contributed by atoms with Crippen LogP contribution in [0.25, 0.3) is 0 Å². The van der Waals surface area contributed by atoms with Gasteiger partial charge in [0.15, 0.2) is 0 Å². The summed E-state index contributed by atoms with van der Waals surface area (Å²) in [5.74, 6) is -0.816. The fourth-order valence-corrected chi connectivity index (χ4v) is 0.788. The van der Waals surface area contributed by atoms with Crippen molar-refractivity contribution in [1.82, 2.24) is 0 Å². The molecule has 0 aromatic heterocycles. The van der Waals surface area contributed by atoms with Crippen LogP contribution in [-0.2, 0) is 4.79 Å². The maximum absolute atomic E-state index is 9.00. The summed E-state index contributed by atoms with van der Waals surface area (Å²) in [4.78, 5) is 9.00. The zero-order chi connectivity index (χ0) is 10.4. The van der Waals surface area contributed by atoms with Crippen molar-refractivity contribution in [3.05, 3.63) is 28.2 Å². The number of phenolic OH excluding ortho intramolecular Hbond substituents is 1. The molecule has 0 unspecified atom stereocenters. The lowest BCUT2D eigenvalue weighted by molar-refractivity contribution is -0.134. The molecule has 0 bridgehead atoms. The van der Waals surface area contributed by atoms with Gasteiger partial charge in [-0.3, -0.25) is 4.79 Å². The minimum Gasteiger partial charge on any atom is -0.506 e. The van der Waals surface area contributed by atoms with E-state index in [0.29, 0.717) is 5.02 Å². The molecule has 0 aliphatic rings. The molecule has 3 nitrogen and oxygen atoms in total. The Kier molecular flexibility index (Phi) is 5.26. The molecule has 1 aromatic carbocycles. The van der Waals surface area contributed by atoms with E-state index in [2.05, 4.69) is 0 Å². The van der Waals surface area contributed by atoms with Crippen LogP contribution in [0.4, 0.5) is 0 Å². The first kappa shape index (κ1) is 12.1. The number of carboxylic acid groups (broad SMARTS) is 1. The van der Waals surface area contributed by atoms with Crippen molar-refractivity contribution in [2.24, 2.45) is 0 Å². The van der Waals surface area contributed by atoms with Crippen LogP contribution in [0.15, 0.2) is 18.2 Å². The van der Waals surface area contributed by atoms with Crippen LogP contribution in [0.2, 0.25) is 10.0 Å². The van der Waals surface area contributed by atoms with Gasteiger partial charge >= 0.3 is 0 Å². The Morgan fingerprint density at radius 3 is 2.15 bits per heavy atom. The van der Waals surface area contributed by atoms with Crippen LogP contribution in [0.1, 0.15) is 6.92 Å². The van der Waals surface area contributed by atoms with E-state index < -0.39 is 5.97 Å². The number of hydrogen-bond donors (Lipinski definition) is 2. The van der Waals surface area contributed by atoms with Crippen molar-refractivity contribution in [1.29, 1.82) is 0 Å². The molecule has 0 spiro atoms. The summed E-state index contributed by atoms with van der Waals surface area (Å²) in [5.41, 5.74) is 0. The van der Waals surface area contributed by atoms with Crippen molar-refractivity contribution in [2.45, 2.75) is 6.92 Å². The first-order valence-corrected chi connectivity index (χ1v) is 4.03. The summed E-state index contributed by atoms with van der Waals surface area (Å²) in [7, 11) is 0.